The molecule has 0 saturated heterocycles. The largest absolute Gasteiger partial charge is 0.488 e. The first kappa shape index (κ1) is 30.6. The van der Waals surface area contributed by atoms with Crippen LogP contribution in [0.3, 0.4) is 0 Å². The number of halogens is 3. The number of ether oxygens (including phenoxy) is 4. The predicted octanol–water partition coefficient (Wildman–Crippen LogP) is 4.58. The van der Waals surface area contributed by atoms with Gasteiger partial charge in [0.25, 0.3) is 0 Å². The van der Waals surface area contributed by atoms with E-state index in [0.717, 1.165) is 0 Å². The Morgan fingerprint density at radius 2 is 1.41 bits per heavy atom. The van der Waals surface area contributed by atoms with Crippen LogP contribution in [0.4, 0.5) is 0 Å². The van der Waals surface area contributed by atoms with E-state index in [1.54, 1.807) is 23.3 Å². The molecule has 3 aromatic rings. The lowest BCUT2D eigenvalue weighted by Gasteiger charge is -2.19. The molecule has 1 aromatic heterocycles. The number of imidazole rings is 1. The van der Waals surface area contributed by atoms with E-state index in [9.17, 15) is 18.0 Å². The highest BCUT2D eigenvalue weighted by Crippen LogP contribution is 2.33. The van der Waals surface area contributed by atoms with Crippen molar-refractivity contribution in [3.05, 3.63) is 65.2 Å². The summed E-state index contributed by atoms with van der Waals surface area (Å²) in [6, 6.07) is 7.98. The highest BCUT2D eigenvalue weighted by molar-refractivity contribution is 7.91. The number of carbonyl (C=O) groups is 2. The SMILES string of the molecule is CC(=O)O[C@H](CCl)COc1ccc(S(=O)(=O)c2ccc(OC[C@H](Cn3ccnc3)OC(C)=O)c(Cl)c2)cc1Cl. The summed E-state index contributed by atoms with van der Waals surface area (Å²) in [6.07, 6.45) is 3.56. The van der Waals surface area contributed by atoms with Gasteiger partial charge < -0.3 is 23.5 Å². The summed E-state index contributed by atoms with van der Waals surface area (Å²) in [7, 11) is -4.00. The summed E-state index contributed by atoms with van der Waals surface area (Å²) >= 11 is 18.3. The Morgan fingerprint density at radius 1 is 0.897 bits per heavy atom. The van der Waals surface area contributed by atoms with Crippen molar-refractivity contribution in [2.45, 2.75) is 42.4 Å². The van der Waals surface area contributed by atoms with Crippen LogP contribution in [0, 0.1) is 0 Å². The maximum atomic E-state index is 13.2. The third kappa shape index (κ3) is 8.76. The Morgan fingerprint density at radius 3 is 1.85 bits per heavy atom. The second-order valence-corrected chi connectivity index (χ2v) is 11.3. The van der Waals surface area contributed by atoms with Crippen molar-refractivity contribution in [2.75, 3.05) is 19.1 Å². The van der Waals surface area contributed by atoms with Gasteiger partial charge in [0.1, 0.15) is 30.8 Å². The van der Waals surface area contributed by atoms with Crippen molar-refractivity contribution < 1.29 is 37.0 Å². The van der Waals surface area contributed by atoms with Gasteiger partial charge in [-0.15, -0.1) is 11.6 Å². The zero-order chi connectivity index (χ0) is 28.6. The van der Waals surface area contributed by atoms with Gasteiger partial charge >= 0.3 is 11.9 Å². The molecule has 1 heterocycles. The monoisotopic (exact) mass is 618 g/mol. The Bertz CT molecular complexity index is 1400. The van der Waals surface area contributed by atoms with E-state index < -0.39 is 34.0 Å². The van der Waals surface area contributed by atoms with Crippen LogP contribution < -0.4 is 9.47 Å². The lowest BCUT2D eigenvalue weighted by molar-refractivity contribution is -0.148. The number of hydrogen-bond acceptors (Lipinski definition) is 9. The maximum Gasteiger partial charge on any atom is 0.303 e. The van der Waals surface area contributed by atoms with Gasteiger partial charge in [-0.05, 0) is 36.4 Å². The predicted molar refractivity (Wildman–Crippen MR) is 143 cm³/mol. The van der Waals surface area contributed by atoms with Gasteiger partial charge in [0.2, 0.25) is 9.84 Å². The molecule has 0 aliphatic heterocycles. The van der Waals surface area contributed by atoms with E-state index in [1.165, 1.54) is 50.2 Å². The minimum atomic E-state index is -4.00. The Kier molecular flexibility index (Phi) is 10.9. The summed E-state index contributed by atoms with van der Waals surface area (Å²) in [5.74, 6) is -0.571. The molecular weight excluding hydrogens is 595 g/mol. The first-order valence-corrected chi connectivity index (χ1v) is 14.2. The summed E-state index contributed by atoms with van der Waals surface area (Å²) in [5.41, 5.74) is 0. The molecule has 0 aliphatic carbocycles. The zero-order valence-electron chi connectivity index (χ0n) is 20.9. The molecule has 14 heteroatoms. The van der Waals surface area contributed by atoms with E-state index in [-0.39, 0.29) is 50.4 Å². The van der Waals surface area contributed by atoms with E-state index in [2.05, 4.69) is 4.98 Å². The molecule has 0 N–H and O–H groups in total. The lowest BCUT2D eigenvalue weighted by atomic mass is 10.3. The molecule has 3 rings (SSSR count). The average Bonchev–Trinajstić information content (AvgIpc) is 3.38. The number of aromatic nitrogens is 2. The highest BCUT2D eigenvalue weighted by atomic mass is 35.5. The van der Waals surface area contributed by atoms with Crippen LogP contribution in [0.1, 0.15) is 13.8 Å². The molecular formula is C25H25Cl3N2O8S. The maximum absolute atomic E-state index is 13.2. The van der Waals surface area contributed by atoms with E-state index in [4.69, 9.17) is 53.8 Å². The van der Waals surface area contributed by atoms with Crippen molar-refractivity contribution >= 4 is 56.6 Å². The van der Waals surface area contributed by atoms with Gasteiger partial charge in [0.05, 0.1) is 38.6 Å². The molecule has 10 nitrogen and oxygen atoms in total. The molecule has 0 saturated carbocycles. The van der Waals surface area contributed by atoms with Gasteiger partial charge in [-0.2, -0.15) is 0 Å². The van der Waals surface area contributed by atoms with Gasteiger partial charge in [-0.3, -0.25) is 9.59 Å². The molecule has 0 fully saturated rings. The molecule has 0 radical (unpaired) electrons. The lowest BCUT2D eigenvalue weighted by Crippen LogP contribution is -2.28. The fraction of sp³-hybridized carbons (Fsp3) is 0.320. The molecule has 39 heavy (non-hydrogen) atoms. The average molecular weight is 620 g/mol. The first-order valence-electron chi connectivity index (χ1n) is 11.5. The topological polar surface area (TPSA) is 123 Å². The van der Waals surface area contributed by atoms with Crippen LogP contribution in [0.15, 0.2) is 64.9 Å². The van der Waals surface area contributed by atoms with Crippen molar-refractivity contribution in [1.82, 2.24) is 9.55 Å². The Balaban J connectivity index is 1.70. The smallest absolute Gasteiger partial charge is 0.303 e. The molecule has 0 amide bonds. The van der Waals surface area contributed by atoms with E-state index in [0.29, 0.717) is 6.54 Å². The second kappa shape index (κ2) is 13.9. The standard InChI is InChI=1S/C25H25Cl3N2O8S/c1-16(31)37-18(11-26)13-35-24-5-3-20(9-22(24)27)39(33,34)21-4-6-25(23(28)10-21)36-14-19(38-17(2)32)12-30-8-7-29-15-30/h3-10,15,18-19H,11-14H2,1-2H3/t18-,19+/m1/s1. The third-order valence-electron chi connectivity index (χ3n) is 5.09. The normalized spacial score (nSPS) is 12.8. The number of hydrogen-bond donors (Lipinski definition) is 0. The number of esters is 2. The van der Waals surface area contributed by atoms with Crippen LogP contribution in [-0.4, -0.2) is 61.2 Å². The van der Waals surface area contributed by atoms with Crippen LogP contribution in [0.2, 0.25) is 10.0 Å². The fourth-order valence-corrected chi connectivity index (χ4v) is 5.43. The van der Waals surface area contributed by atoms with Crippen LogP contribution in [-0.2, 0) is 35.4 Å². The molecule has 0 spiro atoms. The number of carbonyl (C=O) groups excluding carboxylic acids is 2. The Hall–Kier alpha value is -2.99. The van der Waals surface area contributed by atoms with Crippen molar-refractivity contribution in [3.8, 4) is 11.5 Å². The molecule has 2 aromatic carbocycles. The molecule has 2 atom stereocenters. The number of rotatable bonds is 13. The van der Waals surface area contributed by atoms with Crippen LogP contribution in [0.5, 0.6) is 11.5 Å². The molecule has 210 valence electrons. The summed E-state index contributed by atoms with van der Waals surface area (Å²) in [5, 5.41) is 0.0802. The minimum absolute atomic E-state index is 0.0130. The quantitative estimate of drug-likeness (QED) is 0.200. The van der Waals surface area contributed by atoms with Gasteiger partial charge in [0, 0.05) is 26.2 Å². The van der Waals surface area contributed by atoms with E-state index in [1.807, 2.05) is 0 Å². The molecule has 0 bridgehead atoms. The van der Waals surface area contributed by atoms with Gasteiger partial charge in [-0.1, -0.05) is 23.2 Å². The summed E-state index contributed by atoms with van der Waals surface area (Å²) in [4.78, 5) is 26.4. The molecule has 0 aliphatic rings. The van der Waals surface area contributed by atoms with Crippen LogP contribution >= 0.6 is 34.8 Å². The van der Waals surface area contributed by atoms with Crippen molar-refractivity contribution in [2.24, 2.45) is 0 Å². The Labute approximate surface area is 240 Å². The number of alkyl halides is 1. The highest BCUT2D eigenvalue weighted by Gasteiger charge is 2.22. The summed E-state index contributed by atoms with van der Waals surface area (Å²) < 4.78 is 49.7. The van der Waals surface area contributed by atoms with Crippen molar-refractivity contribution in [3.63, 3.8) is 0 Å². The van der Waals surface area contributed by atoms with E-state index >= 15 is 0 Å². The fourth-order valence-electron chi connectivity index (χ4n) is 3.37. The van der Waals surface area contributed by atoms with Gasteiger partial charge in [0.15, 0.2) is 6.10 Å². The van der Waals surface area contributed by atoms with Crippen molar-refractivity contribution in [1.29, 1.82) is 0 Å². The number of sulfone groups is 1. The van der Waals surface area contributed by atoms with Crippen LogP contribution in [0.25, 0.3) is 0 Å². The third-order valence-corrected chi connectivity index (χ3v) is 7.77. The number of benzene rings is 2. The second-order valence-electron chi connectivity index (χ2n) is 8.19. The zero-order valence-corrected chi connectivity index (χ0v) is 24.0. The number of nitrogens with zero attached hydrogens (tertiary/aromatic N) is 2. The summed E-state index contributed by atoms with van der Waals surface area (Å²) in [6.45, 7) is 2.76. The first-order chi connectivity index (χ1) is 18.5. The molecule has 0 unspecified atom stereocenters. The minimum Gasteiger partial charge on any atom is -0.488 e. The van der Waals surface area contributed by atoms with Gasteiger partial charge in [-0.25, -0.2) is 13.4 Å².